The molecule has 0 fully saturated rings. The van der Waals surface area contributed by atoms with E-state index in [0.29, 0.717) is 6.54 Å². The monoisotopic (exact) mass is 306 g/mol. The van der Waals surface area contributed by atoms with Gasteiger partial charge in [0.05, 0.1) is 19.1 Å². The van der Waals surface area contributed by atoms with Crippen molar-refractivity contribution < 1.29 is 18.0 Å². The maximum atomic E-state index is 12.1. The SMILES string of the molecule is CCC1c2ccsc2CCN1C(=O)CNCC(F)(F)F. The van der Waals surface area contributed by atoms with Gasteiger partial charge in [0, 0.05) is 11.4 Å². The van der Waals surface area contributed by atoms with Gasteiger partial charge in [-0.3, -0.25) is 4.79 Å². The summed E-state index contributed by atoms with van der Waals surface area (Å²) in [5.41, 5.74) is 1.15. The van der Waals surface area contributed by atoms with Gasteiger partial charge < -0.3 is 10.2 Å². The average Bonchev–Trinajstić information content (AvgIpc) is 2.83. The van der Waals surface area contributed by atoms with E-state index >= 15 is 0 Å². The minimum absolute atomic E-state index is 0.00909. The van der Waals surface area contributed by atoms with Crippen molar-refractivity contribution in [2.24, 2.45) is 0 Å². The average molecular weight is 306 g/mol. The van der Waals surface area contributed by atoms with Crippen molar-refractivity contribution in [1.29, 1.82) is 0 Å². The number of carbonyl (C=O) groups excluding carboxylic acids is 1. The van der Waals surface area contributed by atoms with Crippen molar-refractivity contribution in [2.45, 2.75) is 32.0 Å². The molecule has 1 aliphatic heterocycles. The highest BCUT2D eigenvalue weighted by atomic mass is 32.1. The number of hydrogen-bond donors (Lipinski definition) is 1. The van der Waals surface area contributed by atoms with E-state index in [1.807, 2.05) is 18.4 Å². The summed E-state index contributed by atoms with van der Waals surface area (Å²) in [6.45, 7) is 1.17. The predicted molar refractivity (Wildman–Crippen MR) is 71.7 cm³/mol. The number of fused-ring (bicyclic) bond motifs is 1. The molecule has 2 heterocycles. The van der Waals surface area contributed by atoms with Crippen molar-refractivity contribution in [3.05, 3.63) is 21.9 Å². The number of thiophene rings is 1. The molecule has 0 radical (unpaired) electrons. The standard InChI is InChI=1S/C13H17F3N2OS/c1-2-10-9-4-6-20-11(9)3-5-18(10)12(19)7-17-8-13(14,15)16/h4,6,10,17H,2-3,5,7-8H2,1H3. The van der Waals surface area contributed by atoms with Crippen molar-refractivity contribution in [2.75, 3.05) is 19.6 Å². The Morgan fingerprint density at radius 3 is 2.95 bits per heavy atom. The second-order valence-corrected chi connectivity index (χ2v) is 5.78. The van der Waals surface area contributed by atoms with Gasteiger partial charge in [0.25, 0.3) is 0 Å². The number of carbonyl (C=O) groups is 1. The summed E-state index contributed by atoms with van der Waals surface area (Å²) in [5.74, 6) is -0.266. The molecule has 0 aromatic carbocycles. The van der Waals surface area contributed by atoms with Gasteiger partial charge >= 0.3 is 6.18 Å². The van der Waals surface area contributed by atoms with Crippen LogP contribution in [0.2, 0.25) is 0 Å². The lowest BCUT2D eigenvalue weighted by molar-refractivity contribution is -0.136. The minimum Gasteiger partial charge on any atom is -0.334 e. The van der Waals surface area contributed by atoms with Gasteiger partial charge in [-0.15, -0.1) is 11.3 Å². The smallest absolute Gasteiger partial charge is 0.334 e. The Morgan fingerprint density at radius 2 is 2.30 bits per heavy atom. The van der Waals surface area contributed by atoms with E-state index < -0.39 is 12.7 Å². The van der Waals surface area contributed by atoms with Crippen LogP contribution in [0.25, 0.3) is 0 Å². The molecule has 1 aromatic rings. The maximum Gasteiger partial charge on any atom is 0.401 e. The summed E-state index contributed by atoms with van der Waals surface area (Å²) in [4.78, 5) is 15.1. The number of halogens is 3. The summed E-state index contributed by atoms with van der Waals surface area (Å²) in [6.07, 6.45) is -2.73. The van der Waals surface area contributed by atoms with E-state index in [1.165, 1.54) is 4.88 Å². The van der Waals surface area contributed by atoms with E-state index in [-0.39, 0.29) is 18.5 Å². The van der Waals surface area contributed by atoms with Crippen LogP contribution >= 0.6 is 11.3 Å². The molecule has 1 aromatic heterocycles. The fourth-order valence-corrected chi connectivity index (χ4v) is 3.48. The summed E-state index contributed by atoms with van der Waals surface area (Å²) in [5, 5.41) is 4.17. The first-order valence-electron chi connectivity index (χ1n) is 6.55. The second-order valence-electron chi connectivity index (χ2n) is 4.78. The molecule has 1 amide bonds. The van der Waals surface area contributed by atoms with Gasteiger partial charge in [-0.05, 0) is 29.9 Å². The number of nitrogens with zero attached hydrogens (tertiary/aromatic N) is 1. The minimum atomic E-state index is -4.28. The largest absolute Gasteiger partial charge is 0.401 e. The molecular weight excluding hydrogens is 289 g/mol. The Balaban J connectivity index is 1.97. The third kappa shape index (κ3) is 3.52. The molecule has 1 atom stereocenters. The lowest BCUT2D eigenvalue weighted by Crippen LogP contribution is -2.45. The van der Waals surface area contributed by atoms with Crippen molar-refractivity contribution in [3.8, 4) is 0 Å². The number of nitrogens with one attached hydrogen (secondary N) is 1. The van der Waals surface area contributed by atoms with E-state index in [1.54, 1.807) is 16.2 Å². The molecule has 0 bridgehead atoms. The van der Waals surface area contributed by atoms with Crippen LogP contribution < -0.4 is 5.32 Å². The van der Waals surface area contributed by atoms with E-state index in [0.717, 1.165) is 18.4 Å². The van der Waals surface area contributed by atoms with Crippen molar-refractivity contribution in [3.63, 3.8) is 0 Å². The molecule has 20 heavy (non-hydrogen) atoms. The van der Waals surface area contributed by atoms with Crippen LogP contribution in [-0.2, 0) is 11.2 Å². The highest BCUT2D eigenvalue weighted by molar-refractivity contribution is 7.10. The zero-order chi connectivity index (χ0) is 14.8. The number of hydrogen-bond acceptors (Lipinski definition) is 3. The van der Waals surface area contributed by atoms with E-state index in [9.17, 15) is 18.0 Å². The Morgan fingerprint density at radius 1 is 1.55 bits per heavy atom. The number of alkyl halides is 3. The summed E-state index contributed by atoms with van der Waals surface area (Å²) in [6, 6.07) is 2.00. The second kappa shape index (κ2) is 6.13. The van der Waals surface area contributed by atoms with Crippen LogP contribution in [0.3, 0.4) is 0 Å². The number of rotatable bonds is 4. The Labute approximate surface area is 119 Å². The van der Waals surface area contributed by atoms with Crippen LogP contribution in [0.15, 0.2) is 11.4 Å². The number of amides is 1. The first-order chi connectivity index (χ1) is 9.42. The Hall–Kier alpha value is -1.08. The Kier molecular flexibility index (Phi) is 4.70. The van der Waals surface area contributed by atoms with Gasteiger partial charge in [-0.25, -0.2) is 0 Å². The first-order valence-corrected chi connectivity index (χ1v) is 7.43. The van der Waals surface area contributed by atoms with Crippen LogP contribution in [0.5, 0.6) is 0 Å². The van der Waals surface area contributed by atoms with Crippen LogP contribution in [-0.4, -0.2) is 36.6 Å². The molecule has 1 aliphatic rings. The molecule has 112 valence electrons. The Bertz CT molecular complexity index is 472. The predicted octanol–water partition coefficient (Wildman–Crippen LogP) is 2.74. The summed E-state index contributed by atoms with van der Waals surface area (Å²) < 4.78 is 36.2. The van der Waals surface area contributed by atoms with Gasteiger partial charge in [0.15, 0.2) is 0 Å². The summed E-state index contributed by atoms with van der Waals surface area (Å²) in [7, 11) is 0. The molecule has 1 unspecified atom stereocenters. The maximum absolute atomic E-state index is 12.1. The normalized spacial score (nSPS) is 19.0. The quantitative estimate of drug-likeness (QED) is 0.927. The first kappa shape index (κ1) is 15.3. The summed E-state index contributed by atoms with van der Waals surface area (Å²) >= 11 is 1.68. The topological polar surface area (TPSA) is 32.3 Å². The third-order valence-electron chi connectivity index (χ3n) is 3.40. The van der Waals surface area contributed by atoms with Gasteiger partial charge in [0.2, 0.25) is 5.91 Å². The molecule has 0 spiro atoms. The van der Waals surface area contributed by atoms with Gasteiger partial charge in [0.1, 0.15) is 0 Å². The molecule has 1 N–H and O–H groups in total. The van der Waals surface area contributed by atoms with E-state index in [4.69, 9.17) is 0 Å². The fraction of sp³-hybridized carbons (Fsp3) is 0.615. The highest BCUT2D eigenvalue weighted by Crippen LogP contribution is 2.35. The van der Waals surface area contributed by atoms with Crippen LogP contribution in [0.1, 0.15) is 29.8 Å². The van der Waals surface area contributed by atoms with Crippen molar-refractivity contribution in [1.82, 2.24) is 10.2 Å². The highest BCUT2D eigenvalue weighted by Gasteiger charge is 2.31. The van der Waals surface area contributed by atoms with E-state index in [2.05, 4.69) is 5.32 Å². The van der Waals surface area contributed by atoms with Gasteiger partial charge in [-0.2, -0.15) is 13.2 Å². The molecule has 3 nitrogen and oxygen atoms in total. The lowest BCUT2D eigenvalue weighted by Gasteiger charge is -2.35. The van der Waals surface area contributed by atoms with Crippen LogP contribution in [0.4, 0.5) is 13.2 Å². The molecule has 2 rings (SSSR count). The molecule has 0 saturated heterocycles. The zero-order valence-corrected chi connectivity index (χ0v) is 12.0. The molecule has 7 heteroatoms. The van der Waals surface area contributed by atoms with Crippen LogP contribution in [0, 0.1) is 0 Å². The molecule has 0 saturated carbocycles. The van der Waals surface area contributed by atoms with Gasteiger partial charge in [-0.1, -0.05) is 6.92 Å². The lowest BCUT2D eigenvalue weighted by atomic mass is 9.98. The molecular formula is C13H17F3N2OS. The van der Waals surface area contributed by atoms with Crippen molar-refractivity contribution >= 4 is 17.2 Å². The fourth-order valence-electron chi connectivity index (χ4n) is 2.55. The molecule has 0 aliphatic carbocycles. The third-order valence-corrected chi connectivity index (χ3v) is 4.40. The zero-order valence-electron chi connectivity index (χ0n) is 11.2.